The molecule has 3 amide bonds. The smallest absolute Gasteiger partial charge is 0.242 e. The summed E-state index contributed by atoms with van der Waals surface area (Å²) in [5.41, 5.74) is 2.01. The highest BCUT2D eigenvalue weighted by Gasteiger charge is 2.24. The van der Waals surface area contributed by atoms with Gasteiger partial charge in [0.15, 0.2) is 5.78 Å². The third kappa shape index (κ3) is 8.26. The number of hydrogen-bond acceptors (Lipinski definition) is 5. The molecule has 0 aliphatic carbocycles. The molecule has 0 saturated heterocycles. The monoisotopic (exact) mass is 374 g/mol. The zero-order valence-electron chi connectivity index (χ0n) is 15.8. The van der Waals surface area contributed by atoms with Crippen molar-refractivity contribution < 1.29 is 19.2 Å². The summed E-state index contributed by atoms with van der Waals surface area (Å²) in [4.78, 5) is 47.1. The summed E-state index contributed by atoms with van der Waals surface area (Å²) in [5, 5.41) is 14.7. The van der Waals surface area contributed by atoms with Crippen molar-refractivity contribution in [3.63, 3.8) is 0 Å². The van der Waals surface area contributed by atoms with Crippen LogP contribution in [0.2, 0.25) is 0 Å². The van der Waals surface area contributed by atoms with Crippen molar-refractivity contribution in [2.75, 3.05) is 0 Å². The molecule has 0 fully saturated rings. The van der Waals surface area contributed by atoms with E-state index < -0.39 is 29.7 Å². The van der Waals surface area contributed by atoms with Gasteiger partial charge in [0, 0.05) is 19.9 Å². The van der Waals surface area contributed by atoms with E-state index in [1.807, 2.05) is 31.2 Å². The lowest BCUT2D eigenvalue weighted by atomic mass is 10.1. The van der Waals surface area contributed by atoms with Gasteiger partial charge in [-0.25, -0.2) is 0 Å². The highest BCUT2D eigenvalue weighted by molar-refractivity contribution is 6.26. The molecule has 0 aliphatic heterocycles. The largest absolute Gasteiger partial charge is 0.350 e. The molecule has 0 aliphatic rings. The van der Waals surface area contributed by atoms with Crippen LogP contribution in [-0.2, 0) is 25.7 Å². The molecule has 2 atom stereocenters. The zero-order chi connectivity index (χ0) is 20.4. The van der Waals surface area contributed by atoms with Crippen molar-refractivity contribution >= 4 is 29.7 Å². The van der Waals surface area contributed by atoms with Gasteiger partial charge in [0.25, 0.3) is 0 Å². The fourth-order valence-corrected chi connectivity index (χ4v) is 2.31. The Morgan fingerprint density at radius 2 is 1.70 bits per heavy atom. The second-order valence-corrected chi connectivity index (χ2v) is 6.34. The van der Waals surface area contributed by atoms with Crippen molar-refractivity contribution in [2.24, 2.45) is 0 Å². The number of aryl methyl sites for hydroxylation is 1. The number of hydrogen-bond donors (Lipinski definition) is 4. The Morgan fingerprint density at radius 1 is 1.07 bits per heavy atom. The van der Waals surface area contributed by atoms with Crippen molar-refractivity contribution in [2.45, 2.75) is 52.2 Å². The second-order valence-electron chi connectivity index (χ2n) is 6.34. The van der Waals surface area contributed by atoms with Crippen LogP contribution in [0.5, 0.6) is 0 Å². The van der Waals surface area contributed by atoms with Crippen LogP contribution in [0.15, 0.2) is 24.3 Å². The van der Waals surface area contributed by atoms with E-state index in [0.717, 1.165) is 11.1 Å². The minimum atomic E-state index is -0.942. The van der Waals surface area contributed by atoms with Crippen molar-refractivity contribution in [1.29, 1.82) is 5.41 Å². The van der Waals surface area contributed by atoms with E-state index in [0.29, 0.717) is 6.21 Å². The first-order valence-electron chi connectivity index (χ1n) is 8.67. The molecule has 8 nitrogen and oxygen atoms in total. The van der Waals surface area contributed by atoms with Crippen LogP contribution in [0.3, 0.4) is 0 Å². The Bertz CT molecular complexity index is 700. The maximum Gasteiger partial charge on any atom is 0.242 e. The van der Waals surface area contributed by atoms with Gasteiger partial charge in [-0.1, -0.05) is 29.8 Å². The molecule has 0 saturated carbocycles. The Kier molecular flexibility index (Phi) is 8.84. The molecule has 0 aromatic heterocycles. The van der Waals surface area contributed by atoms with Crippen LogP contribution < -0.4 is 16.0 Å². The Balaban J connectivity index is 2.73. The average molecular weight is 374 g/mol. The summed E-state index contributed by atoms with van der Waals surface area (Å²) >= 11 is 0. The molecule has 1 rings (SSSR count). The van der Waals surface area contributed by atoms with Crippen molar-refractivity contribution in [1.82, 2.24) is 16.0 Å². The van der Waals surface area contributed by atoms with Crippen molar-refractivity contribution in [3.8, 4) is 0 Å². The number of Topliss-reactive ketones (excluding diaryl/α,β-unsaturated/α-hetero) is 1. The molecule has 0 spiro atoms. The first-order chi connectivity index (χ1) is 12.7. The van der Waals surface area contributed by atoms with E-state index in [1.165, 1.54) is 13.8 Å². The molecule has 1 aromatic rings. The molecule has 0 radical (unpaired) electrons. The fraction of sp³-hybridized carbons (Fsp3) is 0.421. The third-order valence-electron chi connectivity index (χ3n) is 3.87. The number of benzene rings is 1. The first kappa shape index (κ1) is 22.0. The van der Waals surface area contributed by atoms with E-state index in [9.17, 15) is 19.2 Å². The third-order valence-corrected chi connectivity index (χ3v) is 3.87. The summed E-state index contributed by atoms with van der Waals surface area (Å²) in [6, 6.07) is 5.88. The molecule has 0 unspecified atom stereocenters. The standard InChI is InChI=1S/C19H26N4O4/c1-12-4-6-15(7-5-12)11-21-19(27)17(9-8-16(25)10-20)23-18(26)13(2)22-14(3)24/h4-7,10,13,17,20H,8-9,11H2,1-3H3,(H,21,27)(H,22,24)(H,23,26)/t13-,17-/m0/s1. The summed E-state index contributed by atoms with van der Waals surface area (Å²) in [5.74, 6) is -1.76. The summed E-state index contributed by atoms with van der Waals surface area (Å²) in [6.07, 6.45) is 0.705. The lowest BCUT2D eigenvalue weighted by molar-refractivity contribution is -0.131. The molecular formula is C19H26N4O4. The molecule has 146 valence electrons. The number of ketones is 1. The molecule has 1 aromatic carbocycles. The van der Waals surface area contributed by atoms with Gasteiger partial charge in [0.05, 0.1) is 6.21 Å². The molecule has 27 heavy (non-hydrogen) atoms. The zero-order valence-corrected chi connectivity index (χ0v) is 15.8. The Morgan fingerprint density at radius 3 is 2.26 bits per heavy atom. The van der Waals surface area contributed by atoms with Gasteiger partial charge < -0.3 is 21.4 Å². The van der Waals surface area contributed by atoms with Gasteiger partial charge in [-0.3, -0.25) is 19.2 Å². The molecule has 4 N–H and O–H groups in total. The van der Waals surface area contributed by atoms with E-state index in [-0.39, 0.29) is 25.3 Å². The van der Waals surface area contributed by atoms with Crippen LogP contribution >= 0.6 is 0 Å². The van der Waals surface area contributed by atoms with Gasteiger partial charge in [-0.15, -0.1) is 0 Å². The number of carbonyl (C=O) groups excluding carboxylic acids is 4. The number of nitrogens with one attached hydrogen (secondary N) is 4. The second kappa shape index (κ2) is 10.8. The molecule has 0 bridgehead atoms. The summed E-state index contributed by atoms with van der Waals surface area (Å²) < 4.78 is 0. The highest BCUT2D eigenvalue weighted by atomic mass is 16.2. The molecular weight excluding hydrogens is 348 g/mol. The lowest BCUT2D eigenvalue weighted by Crippen LogP contribution is -2.52. The van der Waals surface area contributed by atoms with Gasteiger partial charge in [-0.05, 0) is 25.8 Å². The fourth-order valence-electron chi connectivity index (χ4n) is 2.31. The topological polar surface area (TPSA) is 128 Å². The van der Waals surface area contributed by atoms with Gasteiger partial charge in [0.1, 0.15) is 12.1 Å². The SMILES string of the molecule is CC(=O)N[C@@H](C)C(=O)N[C@@H](CCC(=O)C=N)C(=O)NCc1ccc(C)cc1. The number of amides is 3. The van der Waals surface area contributed by atoms with Gasteiger partial charge in [0.2, 0.25) is 17.7 Å². The highest BCUT2D eigenvalue weighted by Crippen LogP contribution is 2.04. The van der Waals surface area contributed by atoms with E-state index in [4.69, 9.17) is 5.41 Å². The molecule has 8 heteroatoms. The van der Waals surface area contributed by atoms with E-state index in [2.05, 4.69) is 16.0 Å². The average Bonchev–Trinajstić information content (AvgIpc) is 2.63. The maximum atomic E-state index is 12.5. The summed E-state index contributed by atoms with van der Waals surface area (Å²) in [7, 11) is 0. The summed E-state index contributed by atoms with van der Waals surface area (Å²) in [6.45, 7) is 5.04. The van der Waals surface area contributed by atoms with Crippen molar-refractivity contribution in [3.05, 3.63) is 35.4 Å². The van der Waals surface area contributed by atoms with E-state index >= 15 is 0 Å². The number of rotatable bonds is 10. The predicted octanol–water partition coefficient (Wildman–Crippen LogP) is 0.619. The van der Waals surface area contributed by atoms with Crippen LogP contribution in [0.25, 0.3) is 0 Å². The van der Waals surface area contributed by atoms with Crippen LogP contribution in [0.4, 0.5) is 0 Å². The van der Waals surface area contributed by atoms with Gasteiger partial charge in [-0.2, -0.15) is 0 Å². The maximum absolute atomic E-state index is 12.5. The number of carbonyl (C=O) groups is 4. The quantitative estimate of drug-likeness (QED) is 0.448. The van der Waals surface area contributed by atoms with Crippen LogP contribution in [0.1, 0.15) is 37.8 Å². The minimum absolute atomic E-state index is 0.0408. The minimum Gasteiger partial charge on any atom is -0.350 e. The Labute approximate surface area is 158 Å². The van der Waals surface area contributed by atoms with E-state index in [1.54, 1.807) is 0 Å². The van der Waals surface area contributed by atoms with Crippen LogP contribution in [0, 0.1) is 12.3 Å². The predicted molar refractivity (Wildman–Crippen MR) is 101 cm³/mol. The van der Waals surface area contributed by atoms with Crippen LogP contribution in [-0.4, -0.2) is 41.8 Å². The normalized spacial score (nSPS) is 12.4. The lowest BCUT2D eigenvalue weighted by Gasteiger charge is -2.20. The first-order valence-corrected chi connectivity index (χ1v) is 8.67. The molecule has 0 heterocycles. The Hall–Kier alpha value is -3.03. The van der Waals surface area contributed by atoms with Gasteiger partial charge >= 0.3 is 0 Å².